The van der Waals surface area contributed by atoms with Crippen LogP contribution in [0.1, 0.15) is 52.4 Å². The molecule has 80 valence electrons. The summed E-state index contributed by atoms with van der Waals surface area (Å²) in [4.78, 5) is 0. The van der Waals surface area contributed by atoms with Gasteiger partial charge in [0.25, 0.3) is 0 Å². The summed E-state index contributed by atoms with van der Waals surface area (Å²) in [5, 5.41) is 3.60. The molecule has 1 N–H and O–H groups in total. The molecule has 1 nitrogen and oxygen atoms in total. The van der Waals surface area contributed by atoms with Crippen LogP contribution < -0.4 is 5.32 Å². The molecule has 1 atom stereocenters. The standard InChI is InChI=1S/C11H23N.ClH/c1-3-10(2)12-9-11-7-5-4-6-8-11;/h10-12H,3-9H2,1-2H3;1H. The third-order valence-corrected chi connectivity index (χ3v) is 3.09. The Morgan fingerprint density at radius 1 is 1.23 bits per heavy atom. The second-order valence-corrected chi connectivity index (χ2v) is 4.22. The summed E-state index contributed by atoms with van der Waals surface area (Å²) in [6, 6.07) is 0.715. The maximum Gasteiger partial charge on any atom is 0.00362 e. The lowest BCUT2D eigenvalue weighted by Gasteiger charge is -2.23. The monoisotopic (exact) mass is 205 g/mol. The molecule has 0 aliphatic heterocycles. The van der Waals surface area contributed by atoms with Gasteiger partial charge in [0.1, 0.15) is 0 Å². The normalized spacial score (nSPS) is 20.8. The van der Waals surface area contributed by atoms with E-state index in [4.69, 9.17) is 0 Å². The second-order valence-electron chi connectivity index (χ2n) is 4.22. The zero-order valence-electron chi connectivity index (χ0n) is 9.01. The van der Waals surface area contributed by atoms with Gasteiger partial charge < -0.3 is 5.32 Å². The Kier molecular flexibility index (Phi) is 7.78. The highest BCUT2D eigenvalue weighted by atomic mass is 35.5. The minimum absolute atomic E-state index is 0. The second kappa shape index (κ2) is 7.64. The van der Waals surface area contributed by atoms with E-state index < -0.39 is 0 Å². The van der Waals surface area contributed by atoms with E-state index in [2.05, 4.69) is 19.2 Å². The van der Waals surface area contributed by atoms with Crippen LogP contribution in [0.3, 0.4) is 0 Å². The van der Waals surface area contributed by atoms with Crippen molar-refractivity contribution in [3.63, 3.8) is 0 Å². The molecular formula is C11H24ClN. The minimum Gasteiger partial charge on any atom is -0.314 e. The van der Waals surface area contributed by atoms with Crippen LogP contribution in [0, 0.1) is 5.92 Å². The van der Waals surface area contributed by atoms with Gasteiger partial charge >= 0.3 is 0 Å². The van der Waals surface area contributed by atoms with Gasteiger partial charge in [-0.3, -0.25) is 0 Å². The van der Waals surface area contributed by atoms with E-state index in [9.17, 15) is 0 Å². The molecule has 1 aliphatic carbocycles. The van der Waals surface area contributed by atoms with Crippen LogP contribution in [0.2, 0.25) is 0 Å². The van der Waals surface area contributed by atoms with Crippen LogP contribution in [0.25, 0.3) is 0 Å². The van der Waals surface area contributed by atoms with Crippen molar-refractivity contribution in [2.24, 2.45) is 5.92 Å². The molecular weight excluding hydrogens is 182 g/mol. The Morgan fingerprint density at radius 2 is 1.85 bits per heavy atom. The number of hydrogen-bond donors (Lipinski definition) is 1. The van der Waals surface area contributed by atoms with Crippen molar-refractivity contribution < 1.29 is 0 Å². The van der Waals surface area contributed by atoms with Crippen LogP contribution in [0.4, 0.5) is 0 Å². The van der Waals surface area contributed by atoms with Crippen molar-refractivity contribution in [1.82, 2.24) is 5.32 Å². The third-order valence-electron chi connectivity index (χ3n) is 3.09. The van der Waals surface area contributed by atoms with Gasteiger partial charge in [0.15, 0.2) is 0 Å². The van der Waals surface area contributed by atoms with Gasteiger partial charge in [0, 0.05) is 6.04 Å². The first-order chi connectivity index (χ1) is 5.83. The molecule has 0 radical (unpaired) electrons. The van der Waals surface area contributed by atoms with Crippen LogP contribution in [0.5, 0.6) is 0 Å². The van der Waals surface area contributed by atoms with E-state index in [0.29, 0.717) is 6.04 Å². The van der Waals surface area contributed by atoms with E-state index in [-0.39, 0.29) is 12.4 Å². The summed E-state index contributed by atoms with van der Waals surface area (Å²) >= 11 is 0. The molecule has 0 heterocycles. The van der Waals surface area contributed by atoms with Crippen LogP contribution in [-0.4, -0.2) is 12.6 Å². The Morgan fingerprint density at radius 3 is 2.38 bits per heavy atom. The summed E-state index contributed by atoms with van der Waals surface area (Å²) in [7, 11) is 0. The third kappa shape index (κ3) is 5.53. The van der Waals surface area contributed by atoms with Crippen molar-refractivity contribution >= 4 is 12.4 Å². The fourth-order valence-corrected chi connectivity index (χ4v) is 1.90. The minimum atomic E-state index is 0. The van der Waals surface area contributed by atoms with Gasteiger partial charge in [-0.25, -0.2) is 0 Å². The molecule has 2 heteroatoms. The Hall–Kier alpha value is 0.250. The van der Waals surface area contributed by atoms with Crippen LogP contribution >= 0.6 is 12.4 Å². The highest BCUT2D eigenvalue weighted by molar-refractivity contribution is 5.85. The predicted octanol–water partition coefficient (Wildman–Crippen LogP) is 3.38. The molecule has 13 heavy (non-hydrogen) atoms. The summed E-state index contributed by atoms with van der Waals surface area (Å²) in [6.45, 7) is 5.79. The molecule has 0 aromatic rings. The lowest BCUT2D eigenvalue weighted by atomic mass is 9.89. The zero-order valence-corrected chi connectivity index (χ0v) is 9.83. The molecule has 1 aliphatic rings. The van der Waals surface area contributed by atoms with Gasteiger partial charge in [-0.2, -0.15) is 0 Å². The fourth-order valence-electron chi connectivity index (χ4n) is 1.90. The summed E-state index contributed by atoms with van der Waals surface area (Å²) in [5.74, 6) is 0.979. The van der Waals surface area contributed by atoms with E-state index in [1.54, 1.807) is 0 Å². The Bertz CT molecular complexity index is 111. The van der Waals surface area contributed by atoms with Gasteiger partial charge in [-0.15, -0.1) is 12.4 Å². The van der Waals surface area contributed by atoms with E-state index in [1.165, 1.54) is 45.1 Å². The maximum absolute atomic E-state index is 3.60. The summed E-state index contributed by atoms with van der Waals surface area (Å²) < 4.78 is 0. The van der Waals surface area contributed by atoms with Gasteiger partial charge in [0.2, 0.25) is 0 Å². The largest absolute Gasteiger partial charge is 0.314 e. The molecule has 0 saturated heterocycles. The van der Waals surface area contributed by atoms with Crippen molar-refractivity contribution in [2.45, 2.75) is 58.4 Å². The number of halogens is 1. The molecule has 0 aromatic carbocycles. The highest BCUT2D eigenvalue weighted by Crippen LogP contribution is 2.22. The molecule has 0 bridgehead atoms. The highest BCUT2D eigenvalue weighted by Gasteiger charge is 2.13. The summed E-state index contributed by atoms with van der Waals surface area (Å²) in [6.07, 6.45) is 8.58. The Labute approximate surface area is 89.1 Å². The zero-order chi connectivity index (χ0) is 8.81. The van der Waals surface area contributed by atoms with E-state index >= 15 is 0 Å². The number of nitrogens with one attached hydrogen (secondary N) is 1. The molecule has 1 saturated carbocycles. The molecule has 0 aromatic heterocycles. The number of hydrogen-bond acceptors (Lipinski definition) is 1. The van der Waals surface area contributed by atoms with Crippen molar-refractivity contribution in [3.05, 3.63) is 0 Å². The van der Waals surface area contributed by atoms with Crippen molar-refractivity contribution in [3.8, 4) is 0 Å². The van der Waals surface area contributed by atoms with Gasteiger partial charge in [0.05, 0.1) is 0 Å². The lowest BCUT2D eigenvalue weighted by molar-refractivity contribution is 0.329. The van der Waals surface area contributed by atoms with Gasteiger partial charge in [-0.05, 0) is 38.6 Å². The molecule has 0 spiro atoms. The summed E-state index contributed by atoms with van der Waals surface area (Å²) in [5.41, 5.74) is 0. The first-order valence-electron chi connectivity index (χ1n) is 5.56. The molecule has 1 unspecified atom stereocenters. The van der Waals surface area contributed by atoms with E-state index in [0.717, 1.165) is 5.92 Å². The van der Waals surface area contributed by atoms with Crippen LogP contribution in [0.15, 0.2) is 0 Å². The SMILES string of the molecule is CCC(C)NCC1CCCCC1.Cl. The first kappa shape index (κ1) is 13.2. The number of rotatable bonds is 4. The predicted molar refractivity (Wildman–Crippen MR) is 61.6 cm³/mol. The lowest BCUT2D eigenvalue weighted by Crippen LogP contribution is -2.31. The molecule has 1 fully saturated rings. The average Bonchev–Trinajstić information content (AvgIpc) is 2.16. The quantitative estimate of drug-likeness (QED) is 0.742. The van der Waals surface area contributed by atoms with Crippen LogP contribution in [-0.2, 0) is 0 Å². The Balaban J connectivity index is 0.00000144. The van der Waals surface area contributed by atoms with Crippen molar-refractivity contribution in [2.75, 3.05) is 6.54 Å². The van der Waals surface area contributed by atoms with Gasteiger partial charge in [-0.1, -0.05) is 26.2 Å². The molecule has 1 rings (SSSR count). The molecule has 0 amide bonds. The van der Waals surface area contributed by atoms with Crippen molar-refractivity contribution in [1.29, 1.82) is 0 Å². The average molecular weight is 206 g/mol. The smallest absolute Gasteiger partial charge is 0.00362 e. The first-order valence-corrected chi connectivity index (χ1v) is 5.56. The maximum atomic E-state index is 3.60. The topological polar surface area (TPSA) is 12.0 Å². The fraction of sp³-hybridized carbons (Fsp3) is 1.00. The van der Waals surface area contributed by atoms with E-state index in [1.807, 2.05) is 0 Å².